The van der Waals surface area contributed by atoms with Crippen LogP contribution in [-0.2, 0) is 0 Å². The summed E-state index contributed by atoms with van der Waals surface area (Å²) in [7, 11) is 2.16. The number of fused-ring (bicyclic) bond motifs is 1. The molecule has 0 unspecified atom stereocenters. The van der Waals surface area contributed by atoms with E-state index < -0.39 is 0 Å². The summed E-state index contributed by atoms with van der Waals surface area (Å²) in [4.78, 5) is 6.89. The molecule has 20 heavy (non-hydrogen) atoms. The summed E-state index contributed by atoms with van der Waals surface area (Å²) in [5.74, 6) is 1.04. The summed E-state index contributed by atoms with van der Waals surface area (Å²) < 4.78 is 1.89. The van der Waals surface area contributed by atoms with Gasteiger partial charge < -0.3 is 10.2 Å². The van der Waals surface area contributed by atoms with Crippen molar-refractivity contribution >= 4 is 11.3 Å². The molecule has 0 atom stereocenters. The standard InChI is InChI=1S/C15H23N5/c1-3-16-12-4-6-13(7-5-12)19(2)15-14-8-9-18-20(14)11-10-17-15/h8-13,16H,3-7H2,1-2H3. The minimum Gasteiger partial charge on any atom is -0.355 e. The van der Waals surface area contributed by atoms with Gasteiger partial charge in [0.1, 0.15) is 5.52 Å². The zero-order valence-electron chi connectivity index (χ0n) is 12.3. The Morgan fingerprint density at radius 3 is 2.85 bits per heavy atom. The fraction of sp³-hybridized carbons (Fsp3) is 0.600. The Balaban J connectivity index is 1.73. The van der Waals surface area contributed by atoms with Crippen LogP contribution in [0, 0.1) is 0 Å². The van der Waals surface area contributed by atoms with Gasteiger partial charge in [0.25, 0.3) is 0 Å². The van der Waals surface area contributed by atoms with E-state index in [1.807, 2.05) is 29.2 Å². The highest BCUT2D eigenvalue weighted by atomic mass is 15.3. The number of hydrogen-bond donors (Lipinski definition) is 1. The van der Waals surface area contributed by atoms with Crippen LogP contribution in [0.15, 0.2) is 24.7 Å². The maximum Gasteiger partial charge on any atom is 0.154 e. The third-order valence-electron chi connectivity index (χ3n) is 4.38. The molecule has 1 aliphatic rings. The number of nitrogens with one attached hydrogen (secondary N) is 1. The van der Waals surface area contributed by atoms with Crippen LogP contribution < -0.4 is 10.2 Å². The first-order chi connectivity index (χ1) is 9.79. The first-order valence-electron chi connectivity index (χ1n) is 7.54. The molecule has 2 aromatic heterocycles. The van der Waals surface area contributed by atoms with Crippen molar-refractivity contribution in [2.75, 3.05) is 18.5 Å². The smallest absolute Gasteiger partial charge is 0.154 e. The first kappa shape index (κ1) is 13.4. The average Bonchev–Trinajstić information content (AvgIpc) is 2.96. The number of rotatable bonds is 4. The van der Waals surface area contributed by atoms with Gasteiger partial charge in [0, 0.05) is 31.5 Å². The highest BCUT2D eigenvalue weighted by molar-refractivity contribution is 5.68. The van der Waals surface area contributed by atoms with Crippen molar-refractivity contribution in [3.63, 3.8) is 0 Å². The lowest BCUT2D eigenvalue weighted by molar-refractivity contribution is 0.341. The molecule has 1 fully saturated rings. The monoisotopic (exact) mass is 273 g/mol. The molecule has 0 spiro atoms. The van der Waals surface area contributed by atoms with E-state index in [9.17, 15) is 0 Å². The van der Waals surface area contributed by atoms with Gasteiger partial charge in [-0.05, 0) is 38.3 Å². The molecule has 108 valence electrons. The Morgan fingerprint density at radius 2 is 2.10 bits per heavy atom. The predicted molar refractivity (Wildman–Crippen MR) is 81.1 cm³/mol. The van der Waals surface area contributed by atoms with Crippen LogP contribution >= 0.6 is 0 Å². The van der Waals surface area contributed by atoms with Crippen LogP contribution in [0.4, 0.5) is 5.82 Å². The molecule has 0 saturated heterocycles. The Kier molecular flexibility index (Phi) is 3.87. The summed E-state index contributed by atoms with van der Waals surface area (Å²) in [5.41, 5.74) is 1.09. The van der Waals surface area contributed by atoms with E-state index >= 15 is 0 Å². The topological polar surface area (TPSA) is 45.5 Å². The number of nitrogens with zero attached hydrogens (tertiary/aromatic N) is 4. The van der Waals surface area contributed by atoms with Crippen LogP contribution in [0.5, 0.6) is 0 Å². The van der Waals surface area contributed by atoms with E-state index in [1.54, 1.807) is 0 Å². The number of anilines is 1. The van der Waals surface area contributed by atoms with E-state index in [4.69, 9.17) is 0 Å². The first-order valence-corrected chi connectivity index (χ1v) is 7.54. The van der Waals surface area contributed by atoms with Crippen LogP contribution in [0.25, 0.3) is 5.52 Å². The normalized spacial score (nSPS) is 23.1. The quantitative estimate of drug-likeness (QED) is 0.926. The van der Waals surface area contributed by atoms with Crippen molar-refractivity contribution in [1.29, 1.82) is 0 Å². The third-order valence-corrected chi connectivity index (χ3v) is 4.38. The van der Waals surface area contributed by atoms with Gasteiger partial charge in [-0.25, -0.2) is 9.50 Å². The zero-order chi connectivity index (χ0) is 13.9. The fourth-order valence-electron chi connectivity index (χ4n) is 3.24. The van der Waals surface area contributed by atoms with E-state index in [2.05, 4.69) is 34.3 Å². The van der Waals surface area contributed by atoms with E-state index in [0.717, 1.165) is 17.9 Å². The predicted octanol–water partition coefficient (Wildman–Crippen LogP) is 2.09. The van der Waals surface area contributed by atoms with E-state index in [0.29, 0.717) is 12.1 Å². The summed E-state index contributed by atoms with van der Waals surface area (Å²) >= 11 is 0. The van der Waals surface area contributed by atoms with Gasteiger partial charge in [0.2, 0.25) is 0 Å². The zero-order valence-corrected chi connectivity index (χ0v) is 12.3. The van der Waals surface area contributed by atoms with Crippen molar-refractivity contribution in [1.82, 2.24) is 19.9 Å². The lowest BCUT2D eigenvalue weighted by atomic mass is 9.90. The highest BCUT2D eigenvalue weighted by Gasteiger charge is 2.25. The summed E-state index contributed by atoms with van der Waals surface area (Å²) in [6.07, 6.45) is 10.5. The minimum atomic E-state index is 0.582. The Bertz CT molecular complexity index is 556. The summed E-state index contributed by atoms with van der Waals surface area (Å²) in [6, 6.07) is 3.31. The second-order valence-electron chi connectivity index (χ2n) is 5.59. The molecular formula is C15H23N5. The fourth-order valence-corrected chi connectivity index (χ4v) is 3.24. The molecule has 0 radical (unpaired) electrons. The molecule has 3 rings (SSSR count). The molecule has 2 heterocycles. The molecule has 5 heteroatoms. The summed E-state index contributed by atoms with van der Waals surface area (Å²) in [6.45, 7) is 3.25. The second kappa shape index (κ2) is 5.79. The van der Waals surface area contributed by atoms with Crippen LogP contribution in [0.3, 0.4) is 0 Å². The molecular weight excluding hydrogens is 250 g/mol. The molecule has 1 saturated carbocycles. The van der Waals surface area contributed by atoms with Crippen LogP contribution in [0.2, 0.25) is 0 Å². The van der Waals surface area contributed by atoms with Crippen molar-refractivity contribution in [2.45, 2.75) is 44.7 Å². The van der Waals surface area contributed by atoms with Gasteiger partial charge in [0.15, 0.2) is 5.82 Å². The molecule has 2 aromatic rings. The molecule has 0 aromatic carbocycles. The molecule has 1 N–H and O–H groups in total. The summed E-state index contributed by atoms with van der Waals surface area (Å²) in [5, 5.41) is 7.84. The van der Waals surface area contributed by atoms with Crippen LogP contribution in [-0.4, -0.2) is 40.3 Å². The molecule has 0 amide bonds. The molecule has 0 bridgehead atoms. The Hall–Kier alpha value is -1.62. The van der Waals surface area contributed by atoms with E-state index in [-0.39, 0.29) is 0 Å². The maximum atomic E-state index is 4.56. The van der Waals surface area contributed by atoms with Gasteiger partial charge in [0.05, 0.1) is 6.20 Å². The van der Waals surface area contributed by atoms with Gasteiger partial charge in [-0.2, -0.15) is 5.10 Å². The lowest BCUT2D eigenvalue weighted by Gasteiger charge is -2.35. The lowest BCUT2D eigenvalue weighted by Crippen LogP contribution is -2.41. The Labute approximate surface area is 120 Å². The van der Waals surface area contributed by atoms with Gasteiger partial charge in [-0.1, -0.05) is 6.92 Å². The van der Waals surface area contributed by atoms with E-state index in [1.165, 1.54) is 25.7 Å². The molecule has 0 aliphatic heterocycles. The maximum absolute atomic E-state index is 4.56. The molecule has 5 nitrogen and oxygen atoms in total. The second-order valence-corrected chi connectivity index (χ2v) is 5.59. The Morgan fingerprint density at radius 1 is 1.30 bits per heavy atom. The van der Waals surface area contributed by atoms with Crippen LogP contribution in [0.1, 0.15) is 32.6 Å². The minimum absolute atomic E-state index is 0.582. The average molecular weight is 273 g/mol. The van der Waals surface area contributed by atoms with Crippen molar-refractivity contribution in [3.05, 3.63) is 24.7 Å². The molecule has 1 aliphatic carbocycles. The number of hydrogen-bond acceptors (Lipinski definition) is 4. The largest absolute Gasteiger partial charge is 0.355 e. The number of aromatic nitrogens is 3. The van der Waals surface area contributed by atoms with Gasteiger partial charge in [-0.15, -0.1) is 0 Å². The van der Waals surface area contributed by atoms with Crippen molar-refractivity contribution in [2.24, 2.45) is 0 Å². The third kappa shape index (κ3) is 2.50. The van der Waals surface area contributed by atoms with Gasteiger partial charge >= 0.3 is 0 Å². The van der Waals surface area contributed by atoms with Gasteiger partial charge in [-0.3, -0.25) is 0 Å². The highest BCUT2D eigenvalue weighted by Crippen LogP contribution is 2.27. The SMILES string of the molecule is CCNC1CCC(N(C)c2nccn3nccc23)CC1. The van der Waals surface area contributed by atoms with Crippen molar-refractivity contribution < 1.29 is 0 Å². The van der Waals surface area contributed by atoms with Crippen molar-refractivity contribution in [3.8, 4) is 0 Å².